The van der Waals surface area contributed by atoms with Crippen molar-refractivity contribution in [2.24, 2.45) is 0 Å². The third kappa shape index (κ3) is 9.65. The molecule has 0 saturated carbocycles. The molecule has 0 saturated heterocycles. The Hall–Kier alpha value is -3.35. The van der Waals surface area contributed by atoms with Crippen molar-refractivity contribution in [2.45, 2.75) is 25.2 Å². The molecule has 1 amide bonds. The van der Waals surface area contributed by atoms with Gasteiger partial charge in [-0.05, 0) is 37.4 Å². The Kier molecular flexibility index (Phi) is 11.8. The Morgan fingerprint density at radius 1 is 1.00 bits per heavy atom. The Morgan fingerprint density at radius 3 is 2.18 bits per heavy atom. The second kappa shape index (κ2) is 14.0. The van der Waals surface area contributed by atoms with Crippen molar-refractivity contribution < 1.29 is 33.0 Å². The van der Waals surface area contributed by atoms with Crippen LogP contribution in [0.5, 0.6) is 0 Å². The summed E-state index contributed by atoms with van der Waals surface area (Å²) < 4.78 is 26.6. The van der Waals surface area contributed by atoms with Crippen LogP contribution in [0.1, 0.15) is 19.5 Å². The van der Waals surface area contributed by atoms with Crippen LogP contribution in [0.25, 0.3) is 0 Å². The maximum atomic E-state index is 12.6. The molecule has 0 aliphatic rings. The van der Waals surface area contributed by atoms with Crippen LogP contribution >= 0.6 is 0 Å². The van der Waals surface area contributed by atoms with Gasteiger partial charge in [-0.3, -0.25) is 14.7 Å². The molecule has 34 heavy (non-hydrogen) atoms. The van der Waals surface area contributed by atoms with Gasteiger partial charge in [-0.1, -0.05) is 26.0 Å². The maximum absolute atomic E-state index is 12.6. The van der Waals surface area contributed by atoms with Crippen molar-refractivity contribution in [3.63, 3.8) is 0 Å². The Balaban J connectivity index is 0.000000852. The minimum absolute atomic E-state index is 0.178. The monoisotopic (exact) mass is 494 g/mol. The van der Waals surface area contributed by atoms with Crippen LogP contribution in [0.4, 0.5) is 5.69 Å². The number of anilines is 1. The quantitative estimate of drug-likeness (QED) is 0.415. The van der Waals surface area contributed by atoms with Gasteiger partial charge in [0.15, 0.2) is 0 Å². The number of carboxylic acid groups (broad SMARTS) is 2. The van der Waals surface area contributed by atoms with E-state index in [9.17, 15) is 13.2 Å². The molecular formula is C22H30N4O7S. The van der Waals surface area contributed by atoms with E-state index in [2.05, 4.69) is 10.3 Å². The molecule has 0 atom stereocenters. The lowest BCUT2D eigenvalue weighted by molar-refractivity contribution is -0.159. The number of hydrogen-bond acceptors (Lipinski definition) is 7. The van der Waals surface area contributed by atoms with Crippen LogP contribution < -0.4 is 5.32 Å². The second-order valence-electron chi connectivity index (χ2n) is 7.08. The maximum Gasteiger partial charge on any atom is 0.414 e. The van der Waals surface area contributed by atoms with Crippen molar-refractivity contribution in [3.05, 3.63) is 54.4 Å². The fraction of sp³-hybridized carbons (Fsp3) is 0.364. The van der Waals surface area contributed by atoms with Gasteiger partial charge in [0.05, 0.1) is 11.4 Å². The summed E-state index contributed by atoms with van der Waals surface area (Å²) in [6.07, 6.45) is 2.50. The first-order valence-corrected chi connectivity index (χ1v) is 11.9. The zero-order chi connectivity index (χ0) is 25.7. The predicted molar refractivity (Wildman–Crippen MR) is 126 cm³/mol. The first-order chi connectivity index (χ1) is 16.0. The Bertz CT molecular complexity index is 1050. The number of likely N-dealkylation sites (N-methyl/N-ethyl adjacent to an activating group) is 1. The largest absolute Gasteiger partial charge is 0.473 e. The summed E-state index contributed by atoms with van der Waals surface area (Å²) in [6, 6.07) is 12.1. The number of rotatable bonds is 10. The van der Waals surface area contributed by atoms with Crippen LogP contribution in [-0.2, 0) is 30.8 Å². The number of nitrogens with one attached hydrogen (secondary N) is 1. The molecule has 0 fully saturated rings. The van der Waals surface area contributed by atoms with E-state index in [-0.39, 0.29) is 17.3 Å². The average molecular weight is 495 g/mol. The zero-order valence-electron chi connectivity index (χ0n) is 19.3. The zero-order valence-corrected chi connectivity index (χ0v) is 20.2. The van der Waals surface area contributed by atoms with Gasteiger partial charge in [0.25, 0.3) is 0 Å². The molecule has 1 heterocycles. The number of carbonyl (C=O) groups excluding carboxylic acids is 1. The highest BCUT2D eigenvalue weighted by molar-refractivity contribution is 7.89. The second-order valence-corrected chi connectivity index (χ2v) is 9.02. The molecule has 0 aliphatic carbocycles. The molecule has 1 aromatic heterocycles. The third-order valence-electron chi connectivity index (χ3n) is 4.53. The number of amides is 1. The van der Waals surface area contributed by atoms with E-state index in [1.54, 1.807) is 38.2 Å². The molecule has 0 spiro atoms. The molecule has 12 heteroatoms. The van der Waals surface area contributed by atoms with Crippen LogP contribution in [0.2, 0.25) is 0 Å². The summed E-state index contributed by atoms with van der Waals surface area (Å²) in [6.45, 7) is 5.30. The van der Waals surface area contributed by atoms with Gasteiger partial charge in [-0.15, -0.1) is 0 Å². The lowest BCUT2D eigenvalue weighted by atomic mass is 10.2. The molecule has 1 aromatic carbocycles. The van der Waals surface area contributed by atoms with E-state index in [4.69, 9.17) is 19.8 Å². The van der Waals surface area contributed by atoms with Crippen molar-refractivity contribution in [3.8, 4) is 0 Å². The summed E-state index contributed by atoms with van der Waals surface area (Å²) in [7, 11) is -1.69. The van der Waals surface area contributed by atoms with Crippen LogP contribution in [-0.4, -0.2) is 83.9 Å². The highest BCUT2D eigenvalue weighted by Gasteiger charge is 2.21. The molecule has 2 aromatic rings. The number of carboxylic acids is 2. The van der Waals surface area contributed by atoms with Crippen LogP contribution in [0.15, 0.2) is 53.6 Å². The van der Waals surface area contributed by atoms with E-state index in [1.165, 1.54) is 10.4 Å². The van der Waals surface area contributed by atoms with Crippen LogP contribution in [0.3, 0.4) is 0 Å². The Labute approximate surface area is 199 Å². The van der Waals surface area contributed by atoms with Gasteiger partial charge in [0, 0.05) is 43.6 Å². The summed E-state index contributed by atoms with van der Waals surface area (Å²) in [5.74, 6) is -3.84. The topological polar surface area (TPSA) is 157 Å². The minimum Gasteiger partial charge on any atom is -0.473 e. The molecule has 3 N–H and O–H groups in total. The number of aliphatic carboxylic acids is 2. The first kappa shape index (κ1) is 28.7. The van der Waals surface area contributed by atoms with Crippen LogP contribution in [0, 0.1) is 0 Å². The standard InChI is InChI=1S/C20H28N4O3S.C2H2O4/c1-4-24(5-2)28(26,27)19-11-8-10-18(15-19)22-20(25)16-23(3)14-12-17-9-6-7-13-21-17;3-1(4)2(5)6/h6-11,13,15H,4-5,12,14,16H2,1-3H3,(H,22,25);(H,3,4)(H,5,6). The molecule has 2 rings (SSSR count). The number of benzene rings is 1. The van der Waals surface area contributed by atoms with E-state index in [0.29, 0.717) is 25.3 Å². The fourth-order valence-corrected chi connectivity index (χ4v) is 4.33. The van der Waals surface area contributed by atoms with E-state index in [1.807, 2.05) is 30.1 Å². The highest BCUT2D eigenvalue weighted by Crippen LogP contribution is 2.19. The number of aromatic nitrogens is 1. The van der Waals surface area contributed by atoms with Crippen molar-refractivity contribution in [1.29, 1.82) is 0 Å². The molecule has 0 bridgehead atoms. The van der Waals surface area contributed by atoms with Gasteiger partial charge >= 0.3 is 11.9 Å². The Morgan fingerprint density at radius 2 is 1.65 bits per heavy atom. The van der Waals surface area contributed by atoms with E-state index < -0.39 is 22.0 Å². The third-order valence-corrected chi connectivity index (χ3v) is 6.58. The summed E-state index contributed by atoms with van der Waals surface area (Å²) >= 11 is 0. The highest BCUT2D eigenvalue weighted by atomic mass is 32.2. The number of nitrogens with zero attached hydrogens (tertiary/aromatic N) is 3. The van der Waals surface area contributed by atoms with Gasteiger partial charge in [-0.2, -0.15) is 4.31 Å². The first-order valence-electron chi connectivity index (χ1n) is 10.5. The van der Waals surface area contributed by atoms with E-state index in [0.717, 1.165) is 12.1 Å². The number of hydrogen-bond donors (Lipinski definition) is 3. The molecule has 11 nitrogen and oxygen atoms in total. The molecule has 0 unspecified atom stereocenters. The number of carbonyl (C=O) groups is 3. The summed E-state index contributed by atoms with van der Waals surface area (Å²) in [5, 5.41) is 17.6. The SMILES string of the molecule is CCN(CC)S(=O)(=O)c1cccc(NC(=O)CN(C)CCc2ccccn2)c1.O=C(O)C(=O)O. The summed E-state index contributed by atoms with van der Waals surface area (Å²) in [4.78, 5) is 36.9. The van der Waals surface area contributed by atoms with Gasteiger partial charge in [-0.25, -0.2) is 18.0 Å². The number of pyridine rings is 1. The van der Waals surface area contributed by atoms with Gasteiger partial charge in [0.1, 0.15) is 0 Å². The summed E-state index contributed by atoms with van der Waals surface area (Å²) in [5.41, 5.74) is 1.44. The molecule has 186 valence electrons. The van der Waals surface area contributed by atoms with Gasteiger partial charge in [0.2, 0.25) is 15.9 Å². The fourth-order valence-electron chi connectivity index (χ4n) is 2.82. The van der Waals surface area contributed by atoms with Crippen molar-refractivity contribution >= 4 is 33.6 Å². The predicted octanol–water partition coefficient (Wildman–Crippen LogP) is 1.38. The van der Waals surface area contributed by atoms with Gasteiger partial charge < -0.3 is 15.5 Å². The molecule has 0 radical (unpaired) electrons. The molecular weight excluding hydrogens is 464 g/mol. The lowest BCUT2D eigenvalue weighted by Gasteiger charge is -2.19. The average Bonchev–Trinajstić information content (AvgIpc) is 2.79. The van der Waals surface area contributed by atoms with E-state index >= 15 is 0 Å². The molecule has 0 aliphatic heterocycles. The van der Waals surface area contributed by atoms with Crippen molar-refractivity contribution in [1.82, 2.24) is 14.2 Å². The normalized spacial score (nSPS) is 11.0. The van der Waals surface area contributed by atoms with Crippen molar-refractivity contribution in [2.75, 3.05) is 38.5 Å². The minimum atomic E-state index is -3.56. The lowest BCUT2D eigenvalue weighted by Crippen LogP contribution is -2.32. The smallest absolute Gasteiger partial charge is 0.414 e. The number of sulfonamides is 1.